The summed E-state index contributed by atoms with van der Waals surface area (Å²) in [5.41, 5.74) is 0.803. The third kappa shape index (κ3) is 5.56. The standard InChI is InChI=1S/C21H33N3O2/c1-17(2)24(15-18-9-7-6-8-10-18)19(25)16-22-11-13-23(14-12-22)20(26)21(3,4)5/h6-10,17H,11-16H2,1-5H3. The predicted octanol–water partition coefficient (Wildman–Crippen LogP) is 2.61. The Kier molecular flexibility index (Phi) is 6.81. The molecule has 0 aliphatic carbocycles. The molecule has 5 nitrogen and oxygen atoms in total. The summed E-state index contributed by atoms with van der Waals surface area (Å²) in [6, 6.07) is 10.3. The van der Waals surface area contributed by atoms with E-state index in [0.717, 1.165) is 18.7 Å². The number of rotatable bonds is 5. The van der Waals surface area contributed by atoms with Crippen LogP contribution in [0.15, 0.2) is 30.3 Å². The van der Waals surface area contributed by atoms with Crippen molar-refractivity contribution < 1.29 is 9.59 Å². The molecule has 1 saturated heterocycles. The van der Waals surface area contributed by atoms with Gasteiger partial charge in [0, 0.05) is 44.2 Å². The number of hydrogen-bond donors (Lipinski definition) is 0. The molecular weight excluding hydrogens is 326 g/mol. The van der Waals surface area contributed by atoms with Gasteiger partial charge in [0.2, 0.25) is 11.8 Å². The highest BCUT2D eigenvalue weighted by Gasteiger charge is 2.30. The number of piperazine rings is 1. The molecule has 0 aromatic heterocycles. The van der Waals surface area contributed by atoms with E-state index in [1.807, 2.05) is 48.8 Å². The van der Waals surface area contributed by atoms with Crippen molar-refractivity contribution in [1.82, 2.24) is 14.7 Å². The van der Waals surface area contributed by atoms with Crippen LogP contribution in [0.3, 0.4) is 0 Å². The normalized spacial score (nSPS) is 16.0. The molecule has 144 valence electrons. The van der Waals surface area contributed by atoms with Crippen molar-refractivity contribution >= 4 is 11.8 Å². The van der Waals surface area contributed by atoms with Gasteiger partial charge in [0.05, 0.1) is 6.54 Å². The lowest BCUT2D eigenvalue weighted by Crippen LogP contribution is -2.54. The van der Waals surface area contributed by atoms with Crippen LogP contribution in [-0.4, -0.2) is 65.3 Å². The van der Waals surface area contributed by atoms with Crippen LogP contribution < -0.4 is 0 Å². The molecule has 0 unspecified atom stereocenters. The fourth-order valence-corrected chi connectivity index (χ4v) is 3.20. The Morgan fingerprint density at radius 3 is 2.12 bits per heavy atom. The molecule has 1 aromatic carbocycles. The fraction of sp³-hybridized carbons (Fsp3) is 0.619. The lowest BCUT2D eigenvalue weighted by atomic mass is 9.94. The van der Waals surface area contributed by atoms with Crippen LogP contribution in [0.5, 0.6) is 0 Å². The minimum Gasteiger partial charge on any atom is -0.340 e. The van der Waals surface area contributed by atoms with Crippen molar-refractivity contribution in [3.63, 3.8) is 0 Å². The van der Waals surface area contributed by atoms with Crippen molar-refractivity contribution in [2.75, 3.05) is 32.7 Å². The Morgan fingerprint density at radius 2 is 1.62 bits per heavy atom. The van der Waals surface area contributed by atoms with E-state index in [-0.39, 0.29) is 23.3 Å². The van der Waals surface area contributed by atoms with Crippen molar-refractivity contribution in [1.29, 1.82) is 0 Å². The Balaban J connectivity index is 1.89. The van der Waals surface area contributed by atoms with Gasteiger partial charge in [0.1, 0.15) is 0 Å². The third-order valence-corrected chi connectivity index (χ3v) is 4.80. The SMILES string of the molecule is CC(C)N(Cc1ccccc1)C(=O)CN1CCN(C(=O)C(C)(C)C)CC1. The maximum absolute atomic E-state index is 12.8. The fourth-order valence-electron chi connectivity index (χ4n) is 3.20. The Hall–Kier alpha value is -1.88. The minimum absolute atomic E-state index is 0.152. The molecule has 1 aliphatic heterocycles. The van der Waals surface area contributed by atoms with Crippen molar-refractivity contribution in [3.05, 3.63) is 35.9 Å². The molecule has 0 radical (unpaired) electrons. The molecule has 0 N–H and O–H groups in total. The summed E-state index contributed by atoms with van der Waals surface area (Å²) in [7, 11) is 0. The number of amides is 2. The van der Waals surface area contributed by atoms with E-state index in [1.165, 1.54) is 0 Å². The van der Waals surface area contributed by atoms with Gasteiger partial charge in [-0.15, -0.1) is 0 Å². The molecule has 0 saturated carbocycles. The molecule has 2 amide bonds. The summed E-state index contributed by atoms with van der Waals surface area (Å²) >= 11 is 0. The van der Waals surface area contributed by atoms with E-state index in [4.69, 9.17) is 0 Å². The van der Waals surface area contributed by atoms with Gasteiger partial charge in [-0.05, 0) is 19.4 Å². The lowest BCUT2D eigenvalue weighted by molar-refractivity contribution is -0.142. The molecule has 1 aromatic rings. The Labute approximate surface area is 158 Å². The average molecular weight is 360 g/mol. The van der Waals surface area contributed by atoms with Gasteiger partial charge in [-0.2, -0.15) is 0 Å². The molecule has 1 fully saturated rings. The first-order chi connectivity index (χ1) is 12.2. The molecule has 2 rings (SSSR count). The van der Waals surface area contributed by atoms with Gasteiger partial charge in [0.15, 0.2) is 0 Å². The second-order valence-electron chi connectivity index (χ2n) is 8.42. The summed E-state index contributed by atoms with van der Waals surface area (Å²) in [6.45, 7) is 13.9. The highest BCUT2D eigenvalue weighted by molar-refractivity contribution is 5.82. The first-order valence-corrected chi connectivity index (χ1v) is 9.53. The van der Waals surface area contributed by atoms with Crippen molar-refractivity contribution in [2.24, 2.45) is 5.41 Å². The summed E-state index contributed by atoms with van der Waals surface area (Å²) in [5.74, 6) is 0.343. The smallest absolute Gasteiger partial charge is 0.237 e. The number of benzene rings is 1. The number of carbonyl (C=O) groups is 2. The summed E-state index contributed by atoms with van der Waals surface area (Å²) in [6.07, 6.45) is 0. The monoisotopic (exact) mass is 359 g/mol. The second-order valence-corrected chi connectivity index (χ2v) is 8.42. The number of carbonyl (C=O) groups excluding carboxylic acids is 2. The molecular formula is C21H33N3O2. The van der Waals surface area contributed by atoms with Crippen LogP contribution in [0.1, 0.15) is 40.2 Å². The van der Waals surface area contributed by atoms with E-state index in [2.05, 4.69) is 30.9 Å². The molecule has 0 atom stereocenters. The minimum atomic E-state index is -0.345. The lowest BCUT2D eigenvalue weighted by Gasteiger charge is -2.38. The predicted molar refractivity (Wildman–Crippen MR) is 105 cm³/mol. The van der Waals surface area contributed by atoms with Gasteiger partial charge < -0.3 is 9.80 Å². The molecule has 0 bridgehead atoms. The van der Waals surface area contributed by atoms with Crippen molar-refractivity contribution in [2.45, 2.75) is 47.2 Å². The van der Waals surface area contributed by atoms with Crippen LogP contribution in [0, 0.1) is 5.41 Å². The molecule has 26 heavy (non-hydrogen) atoms. The molecule has 1 aliphatic rings. The first kappa shape index (κ1) is 20.4. The maximum atomic E-state index is 12.8. The zero-order valence-corrected chi connectivity index (χ0v) is 16.9. The van der Waals surface area contributed by atoms with Crippen LogP contribution in [0.25, 0.3) is 0 Å². The molecule has 1 heterocycles. The Morgan fingerprint density at radius 1 is 1.04 bits per heavy atom. The van der Waals surface area contributed by atoms with E-state index >= 15 is 0 Å². The zero-order chi connectivity index (χ0) is 19.3. The summed E-state index contributed by atoms with van der Waals surface area (Å²) in [5, 5.41) is 0. The number of nitrogens with zero attached hydrogens (tertiary/aromatic N) is 3. The van der Waals surface area contributed by atoms with Gasteiger partial charge in [-0.25, -0.2) is 0 Å². The van der Waals surface area contributed by atoms with Gasteiger partial charge in [-0.1, -0.05) is 51.1 Å². The second kappa shape index (κ2) is 8.67. The quantitative estimate of drug-likeness (QED) is 0.812. The largest absolute Gasteiger partial charge is 0.340 e. The molecule has 5 heteroatoms. The van der Waals surface area contributed by atoms with Crippen LogP contribution in [0.4, 0.5) is 0 Å². The first-order valence-electron chi connectivity index (χ1n) is 9.53. The molecule has 0 spiro atoms. The Bertz CT molecular complexity index is 599. The zero-order valence-electron chi connectivity index (χ0n) is 16.9. The van der Waals surface area contributed by atoms with Gasteiger partial charge in [0.25, 0.3) is 0 Å². The maximum Gasteiger partial charge on any atom is 0.237 e. The topological polar surface area (TPSA) is 43.9 Å². The van der Waals surface area contributed by atoms with E-state index < -0.39 is 0 Å². The van der Waals surface area contributed by atoms with Gasteiger partial charge >= 0.3 is 0 Å². The van der Waals surface area contributed by atoms with Crippen LogP contribution >= 0.6 is 0 Å². The number of hydrogen-bond acceptors (Lipinski definition) is 3. The van der Waals surface area contributed by atoms with Crippen LogP contribution in [-0.2, 0) is 16.1 Å². The third-order valence-electron chi connectivity index (χ3n) is 4.80. The van der Waals surface area contributed by atoms with Crippen LogP contribution in [0.2, 0.25) is 0 Å². The van der Waals surface area contributed by atoms with E-state index in [1.54, 1.807) is 0 Å². The average Bonchev–Trinajstić information content (AvgIpc) is 2.59. The summed E-state index contributed by atoms with van der Waals surface area (Å²) in [4.78, 5) is 31.2. The summed E-state index contributed by atoms with van der Waals surface area (Å²) < 4.78 is 0. The van der Waals surface area contributed by atoms with E-state index in [9.17, 15) is 9.59 Å². The highest BCUT2D eigenvalue weighted by atomic mass is 16.2. The van der Waals surface area contributed by atoms with E-state index in [0.29, 0.717) is 26.2 Å². The van der Waals surface area contributed by atoms with Crippen molar-refractivity contribution in [3.8, 4) is 0 Å². The van der Waals surface area contributed by atoms with Gasteiger partial charge in [-0.3, -0.25) is 14.5 Å². The highest BCUT2D eigenvalue weighted by Crippen LogP contribution is 2.19.